The van der Waals surface area contributed by atoms with Crippen molar-refractivity contribution in [2.75, 3.05) is 7.11 Å². The Kier molecular flexibility index (Phi) is 2.45. The largest absolute Gasteiger partial charge is 0.497 e. The van der Waals surface area contributed by atoms with Gasteiger partial charge in [0.25, 0.3) is 0 Å². The van der Waals surface area contributed by atoms with E-state index in [9.17, 15) is 0 Å². The van der Waals surface area contributed by atoms with Gasteiger partial charge in [-0.25, -0.2) is 4.57 Å². The molecule has 3 heterocycles. The summed E-state index contributed by atoms with van der Waals surface area (Å²) in [5.41, 5.74) is 3.74. The summed E-state index contributed by atoms with van der Waals surface area (Å²) in [5, 5.41) is 3.74. The number of ether oxygens (including phenoxy) is 1. The molecule has 1 aromatic carbocycles. The highest BCUT2D eigenvalue weighted by Crippen LogP contribution is 2.30. The summed E-state index contributed by atoms with van der Waals surface area (Å²) in [6.45, 7) is 2.17. The van der Waals surface area contributed by atoms with Gasteiger partial charge in [0.15, 0.2) is 12.4 Å². The summed E-state index contributed by atoms with van der Waals surface area (Å²) >= 11 is 0. The van der Waals surface area contributed by atoms with E-state index in [1.165, 1.54) is 32.8 Å². The second-order valence-corrected chi connectivity index (χ2v) is 5.57. The van der Waals surface area contributed by atoms with Crippen molar-refractivity contribution >= 4 is 27.2 Å². The Morgan fingerprint density at radius 1 is 1.05 bits per heavy atom. The van der Waals surface area contributed by atoms with E-state index in [4.69, 9.17) is 4.74 Å². The van der Waals surface area contributed by atoms with Gasteiger partial charge in [0.05, 0.1) is 12.6 Å². The van der Waals surface area contributed by atoms with Gasteiger partial charge in [-0.1, -0.05) is 0 Å². The molecule has 0 unspecified atom stereocenters. The predicted octanol–water partition coefficient (Wildman–Crippen LogP) is 3.39. The molecule has 0 amide bonds. The molecule has 3 nitrogen and oxygen atoms in total. The van der Waals surface area contributed by atoms with Crippen molar-refractivity contribution in [1.29, 1.82) is 0 Å². The number of fused-ring (bicyclic) bond motifs is 5. The maximum atomic E-state index is 5.36. The lowest BCUT2D eigenvalue weighted by Crippen LogP contribution is -2.26. The zero-order valence-corrected chi connectivity index (χ0v) is 12.4. The Morgan fingerprint density at radius 3 is 2.71 bits per heavy atom. The molecule has 0 spiro atoms. The molecular formula is C18H17N2O+. The molecule has 4 aromatic rings. The lowest BCUT2D eigenvalue weighted by atomic mass is 10.1. The number of nitrogens with zero attached hydrogens (tertiary/aromatic N) is 2. The monoisotopic (exact) mass is 277 g/mol. The first-order valence-electron chi connectivity index (χ1n) is 7.05. The molecule has 0 aliphatic heterocycles. The second-order valence-electron chi connectivity index (χ2n) is 5.57. The van der Waals surface area contributed by atoms with Crippen molar-refractivity contribution in [2.45, 2.75) is 6.92 Å². The molecule has 0 aliphatic carbocycles. The molecule has 104 valence electrons. The first-order valence-corrected chi connectivity index (χ1v) is 7.05. The molecule has 0 bridgehead atoms. The second kappa shape index (κ2) is 4.22. The maximum absolute atomic E-state index is 5.36. The molecule has 0 atom stereocenters. The van der Waals surface area contributed by atoms with Crippen molar-refractivity contribution in [3.8, 4) is 5.75 Å². The van der Waals surface area contributed by atoms with Crippen molar-refractivity contribution < 1.29 is 9.30 Å². The van der Waals surface area contributed by atoms with E-state index >= 15 is 0 Å². The number of hydrogen-bond donors (Lipinski definition) is 0. The standard InChI is InChI=1S/C18H17N2O/c1-12-8-17-16-9-14(21-3)5-4-13(16)10-20(17)18-11-19(2)7-6-15(12)18/h4-11H,1-3H3/q+1. The number of aromatic nitrogens is 2. The molecule has 21 heavy (non-hydrogen) atoms. The van der Waals surface area contributed by atoms with E-state index in [2.05, 4.69) is 65.8 Å². The molecule has 0 radical (unpaired) electrons. The molecule has 3 aromatic heterocycles. The average Bonchev–Trinajstić information content (AvgIpc) is 2.85. The van der Waals surface area contributed by atoms with Crippen LogP contribution in [-0.4, -0.2) is 11.5 Å². The molecule has 4 rings (SSSR count). The molecule has 0 fully saturated rings. The number of aryl methyl sites for hydroxylation is 2. The Morgan fingerprint density at radius 2 is 1.90 bits per heavy atom. The van der Waals surface area contributed by atoms with Crippen molar-refractivity contribution in [3.63, 3.8) is 0 Å². The maximum Gasteiger partial charge on any atom is 0.193 e. The van der Waals surface area contributed by atoms with Crippen LogP contribution in [0, 0.1) is 6.92 Å². The van der Waals surface area contributed by atoms with E-state index < -0.39 is 0 Å². The van der Waals surface area contributed by atoms with Crippen molar-refractivity contribution in [3.05, 3.63) is 54.5 Å². The van der Waals surface area contributed by atoms with Crippen LogP contribution in [0.15, 0.2) is 48.9 Å². The summed E-state index contributed by atoms with van der Waals surface area (Å²) in [6, 6.07) is 10.7. The summed E-state index contributed by atoms with van der Waals surface area (Å²) in [7, 11) is 3.76. The number of benzene rings is 1. The minimum absolute atomic E-state index is 0.895. The van der Waals surface area contributed by atoms with E-state index in [0.29, 0.717) is 0 Å². The molecule has 0 saturated carbocycles. The third-order valence-corrected chi connectivity index (χ3v) is 4.18. The van der Waals surface area contributed by atoms with Gasteiger partial charge >= 0.3 is 0 Å². The fraction of sp³-hybridized carbons (Fsp3) is 0.167. The van der Waals surface area contributed by atoms with Crippen LogP contribution < -0.4 is 9.30 Å². The van der Waals surface area contributed by atoms with Crippen LogP contribution in [0.5, 0.6) is 5.75 Å². The first-order chi connectivity index (χ1) is 10.2. The Bertz CT molecular complexity index is 999. The van der Waals surface area contributed by atoms with Crippen LogP contribution in [0.4, 0.5) is 0 Å². The molecule has 0 N–H and O–H groups in total. The van der Waals surface area contributed by atoms with Crippen molar-refractivity contribution in [1.82, 2.24) is 4.40 Å². The quantitative estimate of drug-likeness (QED) is 0.488. The fourth-order valence-corrected chi connectivity index (χ4v) is 3.07. The highest BCUT2D eigenvalue weighted by Gasteiger charge is 2.11. The summed E-state index contributed by atoms with van der Waals surface area (Å²) in [6.07, 6.45) is 6.46. The highest BCUT2D eigenvalue weighted by atomic mass is 16.5. The topological polar surface area (TPSA) is 17.5 Å². The molecule has 0 aliphatic rings. The Labute approximate surface area is 123 Å². The van der Waals surface area contributed by atoms with Gasteiger partial charge in [0.1, 0.15) is 18.3 Å². The SMILES string of the molecule is COc1ccc2cn3c4c[n+](C)ccc4c(C)cc3c2c1. The van der Waals surface area contributed by atoms with Crippen LogP contribution in [0.3, 0.4) is 0 Å². The third kappa shape index (κ3) is 1.70. The fourth-order valence-electron chi connectivity index (χ4n) is 3.07. The predicted molar refractivity (Wildman–Crippen MR) is 84.9 cm³/mol. The smallest absolute Gasteiger partial charge is 0.193 e. The summed E-state index contributed by atoms with van der Waals surface area (Å²) in [5.74, 6) is 0.895. The van der Waals surface area contributed by atoms with Crippen molar-refractivity contribution in [2.24, 2.45) is 7.05 Å². The van der Waals surface area contributed by atoms with E-state index in [1.807, 2.05) is 6.07 Å². The third-order valence-electron chi connectivity index (χ3n) is 4.18. The summed E-state index contributed by atoms with van der Waals surface area (Å²) < 4.78 is 9.72. The molecular weight excluding hydrogens is 260 g/mol. The van der Waals surface area contributed by atoms with Gasteiger partial charge < -0.3 is 9.14 Å². The zero-order valence-electron chi connectivity index (χ0n) is 12.4. The highest BCUT2D eigenvalue weighted by molar-refractivity contribution is 6.02. The zero-order chi connectivity index (χ0) is 14.6. The van der Waals surface area contributed by atoms with E-state index in [-0.39, 0.29) is 0 Å². The Hall–Kier alpha value is -2.55. The summed E-state index contributed by atoms with van der Waals surface area (Å²) in [4.78, 5) is 0. The van der Waals surface area contributed by atoms with Crippen LogP contribution in [-0.2, 0) is 7.05 Å². The van der Waals surface area contributed by atoms with Crippen LogP contribution >= 0.6 is 0 Å². The first kappa shape index (κ1) is 12.2. The normalized spacial score (nSPS) is 11.6. The van der Waals surface area contributed by atoms with Gasteiger partial charge in [-0.3, -0.25) is 0 Å². The van der Waals surface area contributed by atoms with E-state index in [1.54, 1.807) is 7.11 Å². The molecule has 0 saturated heterocycles. The number of pyridine rings is 2. The molecule has 3 heteroatoms. The van der Waals surface area contributed by atoms with Gasteiger partial charge in [-0.05, 0) is 36.8 Å². The van der Waals surface area contributed by atoms with Crippen LogP contribution in [0.1, 0.15) is 5.56 Å². The minimum atomic E-state index is 0.895. The Balaban J connectivity index is 2.24. The van der Waals surface area contributed by atoms with Crippen LogP contribution in [0.2, 0.25) is 0 Å². The number of hydrogen-bond acceptors (Lipinski definition) is 1. The van der Waals surface area contributed by atoms with Gasteiger partial charge in [-0.2, -0.15) is 0 Å². The minimum Gasteiger partial charge on any atom is -0.497 e. The lowest BCUT2D eigenvalue weighted by molar-refractivity contribution is -0.670. The lowest BCUT2D eigenvalue weighted by Gasteiger charge is -2.05. The van der Waals surface area contributed by atoms with Gasteiger partial charge in [-0.15, -0.1) is 0 Å². The van der Waals surface area contributed by atoms with Crippen LogP contribution in [0.25, 0.3) is 27.2 Å². The average molecular weight is 277 g/mol. The number of methoxy groups -OCH3 is 1. The van der Waals surface area contributed by atoms with E-state index in [0.717, 1.165) is 5.75 Å². The van der Waals surface area contributed by atoms with Gasteiger partial charge in [0.2, 0.25) is 0 Å². The number of rotatable bonds is 1. The van der Waals surface area contributed by atoms with Gasteiger partial charge in [0, 0.05) is 28.4 Å².